The van der Waals surface area contributed by atoms with Crippen molar-refractivity contribution < 1.29 is 14.2 Å². The highest BCUT2D eigenvalue weighted by atomic mass is 16.6. The maximum atomic E-state index is 12.9. The topological polar surface area (TPSA) is 114 Å². The molecule has 160 valence electrons. The Labute approximate surface area is 175 Å². The Bertz CT molecular complexity index is 916. The highest BCUT2D eigenvalue weighted by molar-refractivity contribution is 5.79. The van der Waals surface area contributed by atoms with Crippen LogP contribution >= 0.6 is 0 Å². The van der Waals surface area contributed by atoms with E-state index in [0.717, 1.165) is 18.7 Å². The first-order valence-electron chi connectivity index (χ1n) is 10.6. The van der Waals surface area contributed by atoms with Crippen LogP contribution in [0.2, 0.25) is 0 Å². The first-order chi connectivity index (χ1) is 14.4. The molecular weight excluding hydrogens is 386 g/mol. The smallest absolute Gasteiger partial charge is 0.292 e. The highest BCUT2D eigenvalue weighted by Gasteiger charge is 2.34. The Kier molecular flexibility index (Phi) is 5.69. The summed E-state index contributed by atoms with van der Waals surface area (Å²) in [5, 5.41) is 18.5. The number of nitrogens with zero attached hydrogens (tertiary/aromatic N) is 4. The van der Waals surface area contributed by atoms with Gasteiger partial charge in [-0.15, -0.1) is 0 Å². The Hall–Kier alpha value is -2.97. The Morgan fingerprint density at radius 3 is 2.57 bits per heavy atom. The molecule has 2 fully saturated rings. The van der Waals surface area contributed by atoms with Crippen molar-refractivity contribution in [3.8, 4) is 0 Å². The number of rotatable bonds is 7. The molecule has 1 saturated heterocycles. The summed E-state index contributed by atoms with van der Waals surface area (Å²) in [6, 6.07) is 6.43. The molecule has 9 nitrogen and oxygen atoms in total. The molecule has 0 radical (unpaired) electrons. The van der Waals surface area contributed by atoms with Crippen LogP contribution in [0.25, 0.3) is 0 Å². The number of aromatic nitrogens is 2. The van der Waals surface area contributed by atoms with E-state index < -0.39 is 0 Å². The number of carbonyl (C=O) groups is 1. The number of para-hydroxylation sites is 2. The summed E-state index contributed by atoms with van der Waals surface area (Å²) in [4.78, 5) is 30.4. The van der Waals surface area contributed by atoms with Crippen LogP contribution in [0.5, 0.6) is 0 Å². The van der Waals surface area contributed by atoms with Crippen molar-refractivity contribution >= 4 is 17.3 Å². The standard InChI is InChI=1S/C21H27N5O4/c1-13(2)18(21-23-19(24-30-21)14-7-8-14)22-20(27)15-9-11-25(12-10-15)16-5-3-4-6-17(16)26(28)29/h3-6,13-15,18H,7-12H2,1-2H3,(H,22,27). The maximum Gasteiger partial charge on any atom is 0.292 e. The molecule has 1 amide bonds. The maximum absolute atomic E-state index is 12.9. The minimum atomic E-state index is -0.359. The van der Waals surface area contributed by atoms with Crippen LogP contribution in [-0.2, 0) is 4.79 Å². The molecule has 1 aliphatic carbocycles. The lowest BCUT2D eigenvalue weighted by Crippen LogP contribution is -2.42. The zero-order valence-corrected chi connectivity index (χ0v) is 17.3. The summed E-state index contributed by atoms with van der Waals surface area (Å²) in [5.74, 6) is 1.56. The number of hydrogen-bond donors (Lipinski definition) is 1. The summed E-state index contributed by atoms with van der Waals surface area (Å²) in [6.07, 6.45) is 3.46. The van der Waals surface area contributed by atoms with Gasteiger partial charge in [0, 0.05) is 31.0 Å². The van der Waals surface area contributed by atoms with Crippen molar-refractivity contribution in [2.45, 2.75) is 51.5 Å². The zero-order chi connectivity index (χ0) is 21.3. The summed E-state index contributed by atoms with van der Waals surface area (Å²) in [5.41, 5.74) is 0.711. The van der Waals surface area contributed by atoms with Gasteiger partial charge in [-0.1, -0.05) is 31.1 Å². The lowest BCUT2D eigenvalue weighted by molar-refractivity contribution is -0.384. The first kappa shape index (κ1) is 20.3. The Morgan fingerprint density at radius 1 is 1.23 bits per heavy atom. The van der Waals surface area contributed by atoms with Crippen LogP contribution in [0.15, 0.2) is 28.8 Å². The second-order valence-corrected chi connectivity index (χ2v) is 8.50. The van der Waals surface area contributed by atoms with Crippen molar-refractivity contribution in [3.63, 3.8) is 0 Å². The van der Waals surface area contributed by atoms with Gasteiger partial charge in [0.05, 0.1) is 4.92 Å². The number of hydrogen-bond acceptors (Lipinski definition) is 7. The van der Waals surface area contributed by atoms with Gasteiger partial charge in [-0.25, -0.2) is 0 Å². The second-order valence-electron chi connectivity index (χ2n) is 8.50. The molecule has 9 heteroatoms. The van der Waals surface area contributed by atoms with E-state index >= 15 is 0 Å². The first-order valence-corrected chi connectivity index (χ1v) is 10.6. The summed E-state index contributed by atoms with van der Waals surface area (Å²) < 4.78 is 5.44. The van der Waals surface area contributed by atoms with Crippen LogP contribution in [0.3, 0.4) is 0 Å². The predicted molar refractivity (Wildman–Crippen MR) is 110 cm³/mol. The van der Waals surface area contributed by atoms with Gasteiger partial charge >= 0.3 is 0 Å². The molecule has 30 heavy (non-hydrogen) atoms. The van der Waals surface area contributed by atoms with Gasteiger partial charge < -0.3 is 14.7 Å². The molecule has 1 aliphatic heterocycles. The number of piperidine rings is 1. The summed E-state index contributed by atoms with van der Waals surface area (Å²) >= 11 is 0. The number of anilines is 1. The number of carbonyl (C=O) groups excluding carboxylic acids is 1. The third-order valence-electron chi connectivity index (χ3n) is 5.92. The van der Waals surface area contributed by atoms with Crippen molar-refractivity contribution in [2.24, 2.45) is 11.8 Å². The number of nitro groups is 1. The van der Waals surface area contributed by atoms with E-state index in [-0.39, 0.29) is 34.4 Å². The van der Waals surface area contributed by atoms with E-state index in [1.165, 1.54) is 6.07 Å². The molecule has 2 aliphatic rings. The zero-order valence-electron chi connectivity index (χ0n) is 17.3. The predicted octanol–water partition coefficient (Wildman–Crippen LogP) is 3.59. The molecule has 1 unspecified atom stereocenters. The molecule has 0 bridgehead atoms. The van der Waals surface area contributed by atoms with Crippen LogP contribution in [-0.4, -0.2) is 34.1 Å². The summed E-state index contributed by atoms with van der Waals surface area (Å²) in [7, 11) is 0. The molecule has 1 aromatic carbocycles. The minimum Gasteiger partial charge on any atom is -0.366 e. The monoisotopic (exact) mass is 413 g/mol. The van der Waals surface area contributed by atoms with Crippen molar-refractivity contribution in [1.82, 2.24) is 15.5 Å². The fraction of sp³-hybridized carbons (Fsp3) is 0.571. The van der Waals surface area contributed by atoms with Gasteiger partial charge in [-0.05, 0) is 37.7 Å². The van der Waals surface area contributed by atoms with Crippen molar-refractivity contribution in [2.75, 3.05) is 18.0 Å². The quantitative estimate of drug-likeness (QED) is 0.545. The molecule has 2 heterocycles. The van der Waals surface area contributed by atoms with Gasteiger partial charge in [0.1, 0.15) is 11.7 Å². The van der Waals surface area contributed by atoms with E-state index in [4.69, 9.17) is 4.52 Å². The lowest BCUT2D eigenvalue weighted by Gasteiger charge is -2.33. The van der Waals surface area contributed by atoms with Gasteiger partial charge in [0.2, 0.25) is 11.8 Å². The third kappa shape index (κ3) is 4.29. The SMILES string of the molecule is CC(C)C(NC(=O)C1CCN(c2ccccc2[N+](=O)[O-])CC1)c1nc(C2CC2)no1. The molecule has 4 rings (SSSR count). The molecule has 1 atom stereocenters. The molecule has 1 aromatic heterocycles. The Balaban J connectivity index is 1.38. The van der Waals surface area contributed by atoms with Gasteiger partial charge in [-0.3, -0.25) is 14.9 Å². The van der Waals surface area contributed by atoms with Crippen LogP contribution in [0, 0.1) is 22.0 Å². The fourth-order valence-corrected chi connectivity index (χ4v) is 3.93. The van der Waals surface area contributed by atoms with E-state index in [2.05, 4.69) is 15.5 Å². The van der Waals surface area contributed by atoms with E-state index in [1.54, 1.807) is 18.2 Å². The van der Waals surface area contributed by atoms with Gasteiger partial charge in [0.15, 0.2) is 5.82 Å². The minimum absolute atomic E-state index is 0.0258. The van der Waals surface area contributed by atoms with E-state index in [9.17, 15) is 14.9 Å². The van der Waals surface area contributed by atoms with Crippen molar-refractivity contribution in [3.05, 3.63) is 46.1 Å². The number of amides is 1. The fourth-order valence-electron chi connectivity index (χ4n) is 3.93. The molecule has 1 saturated carbocycles. The molecule has 2 aromatic rings. The normalized spacial score (nSPS) is 18.4. The largest absolute Gasteiger partial charge is 0.366 e. The molecular formula is C21H27N5O4. The number of benzene rings is 1. The van der Waals surface area contributed by atoms with Gasteiger partial charge in [0.25, 0.3) is 5.69 Å². The van der Waals surface area contributed by atoms with Crippen LogP contribution in [0.4, 0.5) is 11.4 Å². The Morgan fingerprint density at radius 2 is 1.93 bits per heavy atom. The highest BCUT2D eigenvalue weighted by Crippen LogP contribution is 2.39. The lowest BCUT2D eigenvalue weighted by atomic mass is 9.94. The second kappa shape index (κ2) is 8.41. The number of nitro benzene ring substituents is 1. The molecule has 0 spiro atoms. The molecule has 1 N–H and O–H groups in total. The number of nitrogens with one attached hydrogen (secondary N) is 1. The van der Waals surface area contributed by atoms with Crippen LogP contribution in [0.1, 0.15) is 63.2 Å². The average molecular weight is 413 g/mol. The summed E-state index contributed by atoms with van der Waals surface area (Å²) in [6.45, 7) is 5.23. The van der Waals surface area contributed by atoms with E-state index in [0.29, 0.717) is 43.4 Å². The van der Waals surface area contributed by atoms with Crippen LogP contribution < -0.4 is 10.2 Å². The average Bonchev–Trinajstić information content (AvgIpc) is 3.49. The third-order valence-corrected chi connectivity index (χ3v) is 5.92. The van der Waals surface area contributed by atoms with E-state index in [1.807, 2.05) is 18.7 Å². The van der Waals surface area contributed by atoms with Gasteiger partial charge in [-0.2, -0.15) is 4.98 Å². The van der Waals surface area contributed by atoms with Crippen molar-refractivity contribution in [1.29, 1.82) is 0 Å².